The summed E-state index contributed by atoms with van der Waals surface area (Å²) in [6.07, 6.45) is 4.84. The standard InChI is InChI=1S/C17H21N3O4S/c21-16(18-10-14-2-1-6-24-14)17(22)19-11-15(13-3-7-23-12-13)20-4-8-25-9-5-20/h1-3,6-7,12,15H,4-5,8-11H2,(H,18,21)(H,19,22)/t15-/m1/s1. The van der Waals surface area contributed by atoms with E-state index in [0.717, 1.165) is 30.2 Å². The fourth-order valence-corrected chi connectivity index (χ4v) is 3.67. The molecule has 134 valence electrons. The first-order valence-electron chi connectivity index (χ1n) is 8.16. The molecule has 3 rings (SSSR count). The van der Waals surface area contributed by atoms with Gasteiger partial charge in [0.1, 0.15) is 5.76 Å². The molecule has 0 unspecified atom stereocenters. The van der Waals surface area contributed by atoms with E-state index in [1.54, 1.807) is 24.7 Å². The first-order valence-corrected chi connectivity index (χ1v) is 9.32. The van der Waals surface area contributed by atoms with Crippen LogP contribution >= 0.6 is 11.8 Å². The molecular formula is C17H21N3O4S. The van der Waals surface area contributed by atoms with Gasteiger partial charge in [-0.1, -0.05) is 0 Å². The smallest absolute Gasteiger partial charge is 0.309 e. The number of thioether (sulfide) groups is 1. The van der Waals surface area contributed by atoms with Gasteiger partial charge >= 0.3 is 11.8 Å². The van der Waals surface area contributed by atoms with Gasteiger partial charge in [0.15, 0.2) is 0 Å². The van der Waals surface area contributed by atoms with E-state index in [2.05, 4.69) is 15.5 Å². The van der Waals surface area contributed by atoms with Gasteiger partial charge in [0, 0.05) is 36.7 Å². The second-order valence-corrected chi connectivity index (χ2v) is 6.92. The van der Waals surface area contributed by atoms with Crippen LogP contribution in [0.25, 0.3) is 0 Å². The fraction of sp³-hybridized carbons (Fsp3) is 0.412. The predicted molar refractivity (Wildman–Crippen MR) is 93.9 cm³/mol. The molecule has 1 aliphatic heterocycles. The summed E-state index contributed by atoms with van der Waals surface area (Å²) < 4.78 is 10.3. The van der Waals surface area contributed by atoms with Crippen LogP contribution in [0.3, 0.4) is 0 Å². The minimum atomic E-state index is -0.670. The van der Waals surface area contributed by atoms with Gasteiger partial charge in [0.25, 0.3) is 0 Å². The highest BCUT2D eigenvalue weighted by Crippen LogP contribution is 2.24. The average Bonchev–Trinajstić information content (AvgIpc) is 3.34. The quantitative estimate of drug-likeness (QED) is 0.755. The molecule has 2 N–H and O–H groups in total. The molecule has 1 aliphatic rings. The summed E-state index contributed by atoms with van der Waals surface area (Å²) in [6.45, 7) is 2.44. The molecule has 1 atom stereocenters. The van der Waals surface area contributed by atoms with Crippen molar-refractivity contribution in [3.05, 3.63) is 48.3 Å². The van der Waals surface area contributed by atoms with Crippen molar-refractivity contribution in [2.24, 2.45) is 0 Å². The third-order valence-electron chi connectivity index (χ3n) is 4.08. The Morgan fingerprint density at radius 2 is 1.96 bits per heavy atom. The van der Waals surface area contributed by atoms with Gasteiger partial charge in [-0.3, -0.25) is 14.5 Å². The van der Waals surface area contributed by atoms with Gasteiger partial charge in [-0.05, 0) is 18.2 Å². The molecule has 0 aliphatic carbocycles. The second-order valence-electron chi connectivity index (χ2n) is 5.69. The van der Waals surface area contributed by atoms with E-state index in [9.17, 15) is 9.59 Å². The van der Waals surface area contributed by atoms with Crippen molar-refractivity contribution in [2.75, 3.05) is 31.1 Å². The molecule has 7 nitrogen and oxygen atoms in total. The Morgan fingerprint density at radius 1 is 1.16 bits per heavy atom. The van der Waals surface area contributed by atoms with E-state index >= 15 is 0 Å². The Morgan fingerprint density at radius 3 is 2.64 bits per heavy atom. The summed E-state index contributed by atoms with van der Waals surface area (Å²) in [6, 6.07) is 5.37. The lowest BCUT2D eigenvalue weighted by Gasteiger charge is -2.33. The van der Waals surface area contributed by atoms with Gasteiger partial charge in [0.05, 0.1) is 31.4 Å². The number of carbonyl (C=O) groups excluding carboxylic acids is 2. The maximum atomic E-state index is 12.1. The average molecular weight is 363 g/mol. The first kappa shape index (κ1) is 17.6. The highest BCUT2D eigenvalue weighted by Gasteiger charge is 2.25. The molecule has 2 amide bonds. The van der Waals surface area contributed by atoms with Gasteiger partial charge < -0.3 is 19.5 Å². The van der Waals surface area contributed by atoms with Crippen molar-refractivity contribution in [1.29, 1.82) is 0 Å². The molecule has 0 spiro atoms. The minimum absolute atomic E-state index is 0.00136. The molecule has 0 aromatic carbocycles. The molecule has 2 aromatic heterocycles. The summed E-state index contributed by atoms with van der Waals surface area (Å²) >= 11 is 1.92. The van der Waals surface area contributed by atoms with Gasteiger partial charge in [-0.2, -0.15) is 11.8 Å². The zero-order chi connectivity index (χ0) is 17.5. The van der Waals surface area contributed by atoms with E-state index in [1.165, 1.54) is 6.26 Å². The topological polar surface area (TPSA) is 87.7 Å². The Kier molecular flexibility index (Phi) is 6.19. The monoisotopic (exact) mass is 363 g/mol. The van der Waals surface area contributed by atoms with Crippen LogP contribution in [0.1, 0.15) is 17.4 Å². The van der Waals surface area contributed by atoms with Crippen LogP contribution < -0.4 is 10.6 Å². The number of nitrogens with zero attached hydrogens (tertiary/aromatic N) is 1. The summed E-state index contributed by atoms with van der Waals surface area (Å²) in [7, 11) is 0. The van der Waals surface area contributed by atoms with Crippen LogP contribution in [0.2, 0.25) is 0 Å². The molecule has 2 aromatic rings. The number of carbonyl (C=O) groups is 2. The minimum Gasteiger partial charge on any atom is -0.472 e. The Balaban J connectivity index is 1.52. The summed E-state index contributed by atoms with van der Waals surface area (Å²) in [5.41, 5.74) is 1.00. The molecule has 0 saturated carbocycles. The van der Waals surface area contributed by atoms with Crippen LogP contribution in [0, 0.1) is 0 Å². The van der Waals surface area contributed by atoms with Crippen molar-refractivity contribution in [1.82, 2.24) is 15.5 Å². The van der Waals surface area contributed by atoms with Crippen molar-refractivity contribution >= 4 is 23.6 Å². The summed E-state index contributed by atoms with van der Waals surface area (Å²) in [4.78, 5) is 26.3. The first-order chi connectivity index (χ1) is 12.2. The van der Waals surface area contributed by atoms with Crippen LogP contribution in [0.4, 0.5) is 0 Å². The lowest BCUT2D eigenvalue weighted by atomic mass is 10.1. The molecule has 3 heterocycles. The Bertz CT molecular complexity index is 666. The molecule has 1 fully saturated rings. The van der Waals surface area contributed by atoms with Gasteiger partial charge in [0.2, 0.25) is 0 Å². The number of nitrogens with one attached hydrogen (secondary N) is 2. The van der Waals surface area contributed by atoms with Gasteiger partial charge in [-0.25, -0.2) is 0 Å². The Hall–Kier alpha value is -2.19. The van der Waals surface area contributed by atoms with Crippen LogP contribution in [-0.2, 0) is 16.1 Å². The molecule has 1 saturated heterocycles. The SMILES string of the molecule is O=C(NCc1ccco1)C(=O)NC[C@H](c1ccoc1)N1CCSCC1. The highest BCUT2D eigenvalue weighted by atomic mass is 32.2. The predicted octanol–water partition coefficient (Wildman–Crippen LogP) is 1.40. The molecule has 8 heteroatoms. The maximum absolute atomic E-state index is 12.1. The van der Waals surface area contributed by atoms with Gasteiger partial charge in [-0.15, -0.1) is 0 Å². The van der Waals surface area contributed by atoms with Crippen molar-refractivity contribution in [2.45, 2.75) is 12.6 Å². The lowest BCUT2D eigenvalue weighted by molar-refractivity contribution is -0.139. The molecule has 25 heavy (non-hydrogen) atoms. The second kappa shape index (κ2) is 8.77. The number of rotatable bonds is 6. The van der Waals surface area contributed by atoms with E-state index in [1.807, 2.05) is 17.8 Å². The molecular weight excluding hydrogens is 342 g/mol. The number of furan rings is 2. The van der Waals surface area contributed by atoms with E-state index in [0.29, 0.717) is 12.3 Å². The Labute approximate surface area is 150 Å². The largest absolute Gasteiger partial charge is 0.472 e. The van der Waals surface area contributed by atoms with Crippen LogP contribution in [0.15, 0.2) is 45.8 Å². The number of hydrogen-bond acceptors (Lipinski definition) is 6. The number of hydrogen-bond donors (Lipinski definition) is 2. The van der Waals surface area contributed by atoms with E-state index < -0.39 is 11.8 Å². The van der Waals surface area contributed by atoms with Crippen molar-refractivity contribution in [3.8, 4) is 0 Å². The van der Waals surface area contributed by atoms with E-state index in [-0.39, 0.29) is 12.6 Å². The van der Waals surface area contributed by atoms with Crippen molar-refractivity contribution < 1.29 is 18.4 Å². The zero-order valence-electron chi connectivity index (χ0n) is 13.8. The van der Waals surface area contributed by atoms with Crippen LogP contribution in [-0.4, -0.2) is 47.9 Å². The fourth-order valence-electron chi connectivity index (χ4n) is 2.74. The molecule has 0 radical (unpaired) electrons. The third-order valence-corrected chi connectivity index (χ3v) is 5.02. The summed E-state index contributed by atoms with van der Waals surface area (Å²) in [5, 5.41) is 5.27. The van der Waals surface area contributed by atoms with E-state index in [4.69, 9.17) is 8.83 Å². The zero-order valence-corrected chi connectivity index (χ0v) is 14.6. The maximum Gasteiger partial charge on any atom is 0.309 e. The normalized spacial score (nSPS) is 16.3. The van der Waals surface area contributed by atoms with Crippen LogP contribution in [0.5, 0.6) is 0 Å². The highest BCUT2D eigenvalue weighted by molar-refractivity contribution is 7.99. The lowest BCUT2D eigenvalue weighted by Crippen LogP contribution is -2.45. The number of amides is 2. The van der Waals surface area contributed by atoms with Crippen molar-refractivity contribution in [3.63, 3.8) is 0 Å². The summed E-state index contributed by atoms with van der Waals surface area (Å²) in [5.74, 6) is 1.41. The third kappa shape index (κ3) is 4.90. The molecule has 0 bridgehead atoms.